The van der Waals surface area contributed by atoms with Crippen molar-refractivity contribution in [3.05, 3.63) is 58.9 Å². The van der Waals surface area contributed by atoms with Crippen molar-refractivity contribution in [3.63, 3.8) is 0 Å². The second-order valence-electron chi connectivity index (χ2n) is 8.54. The summed E-state index contributed by atoms with van der Waals surface area (Å²) in [6, 6.07) is 14.0. The average Bonchev–Trinajstić information content (AvgIpc) is 2.92. The van der Waals surface area contributed by atoms with Gasteiger partial charge in [-0.1, -0.05) is 47.5 Å². The summed E-state index contributed by atoms with van der Waals surface area (Å²) in [5, 5.41) is 11.8. The van der Waals surface area contributed by atoms with Gasteiger partial charge in [-0.3, -0.25) is 4.79 Å². The number of rotatable bonds is 3. The Morgan fingerprint density at radius 2 is 1.73 bits per heavy atom. The first kappa shape index (κ1) is 20.4. The number of aryl methyl sites for hydroxylation is 1. The van der Waals surface area contributed by atoms with Crippen LogP contribution in [0.25, 0.3) is 32.9 Å². The molecule has 0 saturated carbocycles. The van der Waals surface area contributed by atoms with Crippen LogP contribution in [0.5, 0.6) is 0 Å². The maximum Gasteiger partial charge on any atom is 0.326 e. The molecule has 5 nitrogen and oxygen atoms in total. The van der Waals surface area contributed by atoms with E-state index in [9.17, 15) is 4.79 Å². The number of fused-ring (bicyclic) bond motifs is 2. The average molecular weight is 422 g/mol. The summed E-state index contributed by atoms with van der Waals surface area (Å²) in [5.74, 6) is -0.276. The predicted molar refractivity (Wildman–Crippen MR) is 121 cm³/mol. The predicted octanol–water partition coefficient (Wildman–Crippen LogP) is 5.86. The maximum atomic E-state index is 12.6. The monoisotopic (exact) mass is 421 g/mol. The summed E-state index contributed by atoms with van der Waals surface area (Å²) in [4.78, 5) is 12.6. The quantitative estimate of drug-likeness (QED) is 0.388. The largest absolute Gasteiger partial charge is 0.459 e. The number of carbonyl (C=O) groups excluding carboxylic acids is 1. The number of carbonyl (C=O) groups is 1. The molecule has 6 heteroatoms. The Labute approximate surface area is 180 Å². The van der Waals surface area contributed by atoms with Gasteiger partial charge in [0.1, 0.15) is 17.8 Å². The van der Waals surface area contributed by atoms with Crippen LogP contribution in [-0.2, 0) is 16.1 Å². The Morgan fingerprint density at radius 1 is 1.03 bits per heavy atom. The van der Waals surface area contributed by atoms with Crippen LogP contribution in [0.3, 0.4) is 0 Å². The van der Waals surface area contributed by atoms with E-state index in [1.54, 1.807) is 0 Å². The second-order valence-corrected chi connectivity index (χ2v) is 8.90. The molecule has 0 spiro atoms. The zero-order valence-electron chi connectivity index (χ0n) is 17.8. The molecular formula is C24H24ClN3O2. The van der Waals surface area contributed by atoms with Crippen LogP contribution in [0.4, 0.5) is 0 Å². The van der Waals surface area contributed by atoms with E-state index in [2.05, 4.69) is 23.2 Å². The third kappa shape index (κ3) is 3.65. The molecule has 0 amide bonds. The summed E-state index contributed by atoms with van der Waals surface area (Å²) in [6.07, 6.45) is 0. The Hall–Kier alpha value is -2.92. The van der Waals surface area contributed by atoms with Crippen molar-refractivity contribution in [1.29, 1.82) is 0 Å². The minimum absolute atomic E-state index is 0.127. The molecule has 0 atom stereocenters. The standard InChI is InChI=1S/C24H24ClN3O2/c1-14-10-11-19-18(12-14)21(15(2)28(19)13-20(29)30-24(3,4)5)22-16-8-6-7-9-17(16)23(25)27-26-22/h6-12H,13H2,1-5H3. The van der Waals surface area contributed by atoms with Crippen LogP contribution in [0.2, 0.25) is 5.15 Å². The highest BCUT2D eigenvalue weighted by atomic mass is 35.5. The molecule has 0 saturated heterocycles. The molecular weight excluding hydrogens is 398 g/mol. The van der Waals surface area contributed by atoms with Crippen molar-refractivity contribution in [2.75, 3.05) is 0 Å². The molecule has 154 valence electrons. The fraction of sp³-hybridized carbons (Fsp3) is 0.292. The Balaban J connectivity index is 1.96. The van der Waals surface area contributed by atoms with Gasteiger partial charge >= 0.3 is 5.97 Å². The van der Waals surface area contributed by atoms with Crippen LogP contribution >= 0.6 is 11.6 Å². The molecule has 0 N–H and O–H groups in total. The highest BCUT2D eigenvalue weighted by Crippen LogP contribution is 2.38. The molecule has 2 aromatic carbocycles. The second kappa shape index (κ2) is 7.40. The summed E-state index contributed by atoms with van der Waals surface area (Å²) >= 11 is 6.30. The number of nitrogens with zero attached hydrogens (tertiary/aromatic N) is 3. The van der Waals surface area contributed by atoms with Crippen molar-refractivity contribution in [3.8, 4) is 11.3 Å². The van der Waals surface area contributed by atoms with Crippen molar-refractivity contribution in [2.45, 2.75) is 46.8 Å². The highest BCUT2D eigenvalue weighted by Gasteiger charge is 2.23. The zero-order valence-corrected chi connectivity index (χ0v) is 18.5. The smallest absolute Gasteiger partial charge is 0.326 e. The number of aromatic nitrogens is 3. The van der Waals surface area contributed by atoms with E-state index in [-0.39, 0.29) is 12.5 Å². The molecule has 0 aliphatic carbocycles. The van der Waals surface area contributed by atoms with Gasteiger partial charge in [0.25, 0.3) is 0 Å². The van der Waals surface area contributed by atoms with E-state index in [0.717, 1.165) is 44.2 Å². The van der Waals surface area contributed by atoms with Crippen molar-refractivity contribution in [1.82, 2.24) is 14.8 Å². The lowest BCUT2D eigenvalue weighted by Gasteiger charge is -2.20. The Kier molecular flexibility index (Phi) is 5.02. The van der Waals surface area contributed by atoms with Crippen LogP contribution < -0.4 is 0 Å². The van der Waals surface area contributed by atoms with Gasteiger partial charge in [0, 0.05) is 32.9 Å². The molecule has 0 aliphatic rings. The van der Waals surface area contributed by atoms with Crippen LogP contribution in [0, 0.1) is 13.8 Å². The van der Waals surface area contributed by atoms with E-state index in [4.69, 9.17) is 16.3 Å². The Bertz CT molecular complexity index is 1290. The first-order chi connectivity index (χ1) is 14.2. The normalized spacial score (nSPS) is 11.9. The lowest BCUT2D eigenvalue weighted by atomic mass is 10.0. The zero-order chi connectivity index (χ0) is 21.6. The van der Waals surface area contributed by atoms with Crippen LogP contribution in [0.15, 0.2) is 42.5 Å². The van der Waals surface area contributed by atoms with Gasteiger partial charge in [-0.15, -0.1) is 10.2 Å². The highest BCUT2D eigenvalue weighted by molar-refractivity contribution is 6.34. The topological polar surface area (TPSA) is 57.0 Å². The van der Waals surface area contributed by atoms with E-state index in [1.807, 2.05) is 68.7 Å². The first-order valence-electron chi connectivity index (χ1n) is 9.88. The molecule has 2 aromatic heterocycles. The van der Waals surface area contributed by atoms with Crippen molar-refractivity contribution in [2.24, 2.45) is 0 Å². The molecule has 2 heterocycles. The Morgan fingerprint density at radius 3 is 2.43 bits per heavy atom. The van der Waals surface area contributed by atoms with Crippen LogP contribution in [-0.4, -0.2) is 26.3 Å². The number of halogens is 1. The lowest BCUT2D eigenvalue weighted by molar-refractivity contribution is -0.155. The number of ether oxygens (including phenoxy) is 1. The minimum atomic E-state index is -0.536. The van der Waals surface area contributed by atoms with Gasteiger partial charge in [0.05, 0.1) is 0 Å². The van der Waals surface area contributed by atoms with Gasteiger partial charge in [0.15, 0.2) is 5.15 Å². The van der Waals surface area contributed by atoms with Crippen molar-refractivity contribution < 1.29 is 9.53 Å². The number of hydrogen-bond donors (Lipinski definition) is 0. The minimum Gasteiger partial charge on any atom is -0.459 e. The van der Waals surface area contributed by atoms with Gasteiger partial charge in [-0.25, -0.2) is 0 Å². The molecule has 0 radical (unpaired) electrons. The third-order valence-corrected chi connectivity index (χ3v) is 5.34. The molecule has 4 rings (SSSR count). The SMILES string of the molecule is Cc1ccc2c(c1)c(-c1nnc(Cl)c3ccccc13)c(C)n2CC(=O)OC(C)(C)C. The number of hydrogen-bond acceptors (Lipinski definition) is 4. The summed E-state index contributed by atoms with van der Waals surface area (Å²) in [6.45, 7) is 9.79. The third-order valence-electron chi connectivity index (χ3n) is 5.07. The first-order valence-corrected chi connectivity index (χ1v) is 10.3. The van der Waals surface area contributed by atoms with Gasteiger partial charge in [-0.05, 0) is 46.8 Å². The van der Waals surface area contributed by atoms with E-state index in [0.29, 0.717) is 5.15 Å². The molecule has 4 aromatic rings. The molecule has 0 fully saturated rings. The fourth-order valence-corrected chi connectivity index (χ4v) is 4.06. The number of benzene rings is 2. The number of esters is 1. The maximum absolute atomic E-state index is 12.6. The van der Waals surface area contributed by atoms with Crippen molar-refractivity contribution >= 4 is 39.2 Å². The fourth-order valence-electron chi connectivity index (χ4n) is 3.86. The van der Waals surface area contributed by atoms with E-state index < -0.39 is 5.60 Å². The lowest BCUT2D eigenvalue weighted by Crippen LogP contribution is -2.26. The van der Waals surface area contributed by atoms with E-state index >= 15 is 0 Å². The van der Waals surface area contributed by atoms with Gasteiger partial charge < -0.3 is 9.30 Å². The van der Waals surface area contributed by atoms with Crippen LogP contribution in [0.1, 0.15) is 32.0 Å². The molecule has 30 heavy (non-hydrogen) atoms. The molecule has 0 bridgehead atoms. The summed E-state index contributed by atoms with van der Waals surface area (Å²) in [5.41, 5.74) is 4.20. The summed E-state index contributed by atoms with van der Waals surface area (Å²) in [7, 11) is 0. The van der Waals surface area contributed by atoms with E-state index in [1.165, 1.54) is 0 Å². The van der Waals surface area contributed by atoms with Gasteiger partial charge in [-0.2, -0.15) is 0 Å². The van der Waals surface area contributed by atoms with Gasteiger partial charge in [0.2, 0.25) is 0 Å². The molecule has 0 aliphatic heterocycles. The molecule has 0 unspecified atom stereocenters. The summed E-state index contributed by atoms with van der Waals surface area (Å²) < 4.78 is 7.55.